The van der Waals surface area contributed by atoms with Gasteiger partial charge >= 0.3 is 6.18 Å². The van der Waals surface area contributed by atoms with Gasteiger partial charge in [-0.2, -0.15) is 13.2 Å². The van der Waals surface area contributed by atoms with Crippen molar-refractivity contribution in [3.8, 4) is 0 Å². The molecule has 0 N–H and O–H groups in total. The quantitative estimate of drug-likeness (QED) is 0.527. The van der Waals surface area contributed by atoms with Crippen molar-refractivity contribution in [1.82, 2.24) is 24.6 Å². The van der Waals surface area contributed by atoms with Gasteiger partial charge in [0.05, 0.1) is 12.1 Å². The van der Waals surface area contributed by atoms with E-state index in [4.69, 9.17) is 0 Å². The molecule has 0 aliphatic carbocycles. The van der Waals surface area contributed by atoms with Crippen LogP contribution in [-0.2, 0) is 24.1 Å². The van der Waals surface area contributed by atoms with Crippen LogP contribution in [0.5, 0.6) is 0 Å². The number of fused-ring (bicyclic) bond motifs is 2. The van der Waals surface area contributed by atoms with Crippen molar-refractivity contribution in [2.75, 3.05) is 24.5 Å². The lowest BCUT2D eigenvalue weighted by molar-refractivity contribution is -0.148. The maximum absolute atomic E-state index is 13.9. The first-order valence-corrected chi connectivity index (χ1v) is 11.2. The molecule has 4 heterocycles. The number of halogens is 4. The summed E-state index contributed by atoms with van der Waals surface area (Å²) in [7, 11) is 0. The van der Waals surface area contributed by atoms with Gasteiger partial charge in [0.25, 0.3) is 0 Å². The van der Waals surface area contributed by atoms with E-state index in [-0.39, 0.29) is 49.0 Å². The molecule has 3 aromatic rings. The molecule has 180 valence electrons. The lowest BCUT2D eigenvalue weighted by Gasteiger charge is -2.40. The lowest BCUT2D eigenvalue weighted by atomic mass is 9.85. The van der Waals surface area contributed by atoms with Crippen molar-refractivity contribution in [1.29, 1.82) is 0 Å². The minimum Gasteiger partial charge on any atom is -0.371 e. The number of hydrogen-bond donors (Lipinski definition) is 0. The van der Waals surface area contributed by atoms with E-state index in [1.54, 1.807) is 11.0 Å². The maximum Gasteiger partial charge on any atom is 0.451 e. The average molecular weight is 476 g/mol. The molecule has 1 amide bonds. The van der Waals surface area contributed by atoms with Crippen molar-refractivity contribution in [3.63, 3.8) is 0 Å². The Morgan fingerprint density at radius 1 is 1.12 bits per heavy atom. The van der Waals surface area contributed by atoms with Gasteiger partial charge in [-0.25, -0.2) is 4.39 Å². The number of amides is 1. The van der Waals surface area contributed by atoms with Crippen LogP contribution in [0.4, 0.5) is 23.2 Å². The van der Waals surface area contributed by atoms with E-state index in [1.807, 2.05) is 19.9 Å². The topological polar surface area (TPSA) is 67.2 Å². The predicted molar refractivity (Wildman–Crippen MR) is 116 cm³/mol. The number of carbonyl (C=O) groups is 1. The Labute approximate surface area is 193 Å². The highest BCUT2D eigenvalue weighted by Crippen LogP contribution is 2.35. The minimum absolute atomic E-state index is 0.00358. The first kappa shape index (κ1) is 22.5. The largest absolute Gasteiger partial charge is 0.451 e. The summed E-state index contributed by atoms with van der Waals surface area (Å²) in [6.07, 6.45) is -3.98. The molecule has 0 radical (unpaired) electrons. The van der Waals surface area contributed by atoms with Crippen LogP contribution < -0.4 is 4.90 Å². The summed E-state index contributed by atoms with van der Waals surface area (Å²) < 4.78 is 54.3. The number of aryl methyl sites for hydroxylation is 1. The van der Waals surface area contributed by atoms with Gasteiger partial charge in [-0.05, 0) is 43.5 Å². The fourth-order valence-electron chi connectivity index (χ4n) is 5.09. The van der Waals surface area contributed by atoms with Crippen molar-refractivity contribution < 1.29 is 22.4 Å². The number of aromatic nitrogens is 4. The number of anilines is 1. The Morgan fingerprint density at radius 3 is 2.65 bits per heavy atom. The molecule has 1 fully saturated rings. The van der Waals surface area contributed by atoms with Crippen LogP contribution in [0, 0.1) is 24.6 Å². The number of benzene rings is 1. The van der Waals surface area contributed by atoms with Crippen LogP contribution >= 0.6 is 0 Å². The number of hydrogen-bond acceptors (Lipinski definition) is 5. The fourth-order valence-corrected chi connectivity index (χ4v) is 5.09. The summed E-state index contributed by atoms with van der Waals surface area (Å²) in [4.78, 5) is 21.5. The third-order valence-corrected chi connectivity index (χ3v) is 6.76. The van der Waals surface area contributed by atoms with Crippen LogP contribution in [0.1, 0.15) is 30.7 Å². The molecule has 2 aliphatic rings. The van der Waals surface area contributed by atoms with E-state index in [1.165, 1.54) is 12.1 Å². The van der Waals surface area contributed by atoms with Crippen LogP contribution in [0.2, 0.25) is 0 Å². The summed E-state index contributed by atoms with van der Waals surface area (Å²) in [5.74, 6) is -1.52. The number of nitrogens with zero attached hydrogens (tertiary/aromatic N) is 6. The van der Waals surface area contributed by atoms with Crippen molar-refractivity contribution in [3.05, 3.63) is 47.4 Å². The third-order valence-electron chi connectivity index (χ3n) is 6.76. The number of alkyl halides is 3. The molecule has 2 atom stereocenters. The Hall–Kier alpha value is -3.24. The highest BCUT2D eigenvalue weighted by atomic mass is 19.4. The molecule has 1 aromatic carbocycles. The van der Waals surface area contributed by atoms with Crippen LogP contribution in [0.15, 0.2) is 24.3 Å². The predicted octanol–water partition coefficient (Wildman–Crippen LogP) is 3.80. The van der Waals surface area contributed by atoms with Gasteiger partial charge in [0.15, 0.2) is 5.82 Å². The van der Waals surface area contributed by atoms with Crippen LogP contribution in [0.25, 0.3) is 10.9 Å². The summed E-state index contributed by atoms with van der Waals surface area (Å²) >= 11 is 0. The monoisotopic (exact) mass is 476 g/mol. The van der Waals surface area contributed by atoms with Crippen molar-refractivity contribution >= 4 is 22.5 Å². The molecule has 7 nitrogen and oxygen atoms in total. The van der Waals surface area contributed by atoms with E-state index < -0.39 is 12.0 Å². The first-order chi connectivity index (χ1) is 16.1. The lowest BCUT2D eigenvalue weighted by Crippen LogP contribution is -2.49. The fraction of sp³-hybridized carbons (Fsp3) is 0.478. The molecule has 11 heteroatoms. The SMILES string of the molecule is Cc1cc(N2CC[C@H](C(=O)N3CCn4c(nnc4C(F)(F)F)C3)[C@H](C)C2)c2cc(F)ccc2n1. The number of piperidine rings is 1. The molecule has 0 spiro atoms. The standard InChI is InChI=1S/C23H24F4N6O/c1-13-11-31(19-9-14(2)28-18-4-3-15(24)10-17(18)19)6-5-16(13)21(34)32-7-8-33-20(12-32)29-30-22(33)23(25,26)27/h3-4,9-10,13,16H,5-8,11-12H2,1-2H3/t13-,16+/m1/s1. The Morgan fingerprint density at radius 2 is 1.91 bits per heavy atom. The number of rotatable bonds is 2. The average Bonchev–Trinajstić information content (AvgIpc) is 3.22. The van der Waals surface area contributed by atoms with Crippen LogP contribution in [0.3, 0.4) is 0 Å². The molecule has 0 bridgehead atoms. The summed E-state index contributed by atoms with van der Waals surface area (Å²) in [5.41, 5.74) is 2.44. The first-order valence-electron chi connectivity index (χ1n) is 11.2. The third kappa shape index (κ3) is 3.97. The molecule has 34 heavy (non-hydrogen) atoms. The second-order valence-corrected chi connectivity index (χ2v) is 9.11. The second-order valence-electron chi connectivity index (χ2n) is 9.11. The molecule has 0 unspecified atom stereocenters. The zero-order chi connectivity index (χ0) is 24.2. The second kappa shape index (κ2) is 8.21. The summed E-state index contributed by atoms with van der Waals surface area (Å²) in [5, 5.41) is 7.69. The smallest absolute Gasteiger partial charge is 0.371 e. The van der Waals surface area contributed by atoms with E-state index >= 15 is 0 Å². The van der Waals surface area contributed by atoms with Crippen molar-refractivity contribution in [2.24, 2.45) is 11.8 Å². The van der Waals surface area contributed by atoms with Gasteiger partial charge in [0, 0.05) is 48.9 Å². The molecule has 2 aliphatic heterocycles. The molecule has 1 saturated heterocycles. The molecule has 5 rings (SSSR count). The van der Waals surface area contributed by atoms with E-state index in [0.29, 0.717) is 19.5 Å². The molecular formula is C23H24F4N6O. The zero-order valence-corrected chi connectivity index (χ0v) is 18.8. The summed E-state index contributed by atoms with van der Waals surface area (Å²) in [6.45, 7) is 5.33. The zero-order valence-electron chi connectivity index (χ0n) is 18.8. The van der Waals surface area contributed by atoms with Crippen molar-refractivity contribution in [2.45, 2.75) is 39.5 Å². The number of pyridine rings is 1. The van der Waals surface area contributed by atoms with Gasteiger partial charge in [-0.15, -0.1) is 10.2 Å². The van der Waals surface area contributed by atoms with E-state index in [2.05, 4.69) is 20.1 Å². The Kier molecular flexibility index (Phi) is 5.44. The number of carbonyl (C=O) groups excluding carboxylic acids is 1. The highest BCUT2D eigenvalue weighted by Gasteiger charge is 2.41. The Bertz CT molecular complexity index is 1260. The van der Waals surface area contributed by atoms with Gasteiger partial charge in [0.2, 0.25) is 11.7 Å². The van der Waals surface area contributed by atoms with E-state index in [9.17, 15) is 22.4 Å². The molecule has 2 aromatic heterocycles. The normalized spacial score (nSPS) is 21.1. The molecule has 0 saturated carbocycles. The van der Waals surface area contributed by atoms with Gasteiger partial charge in [-0.1, -0.05) is 6.92 Å². The highest BCUT2D eigenvalue weighted by molar-refractivity contribution is 5.92. The van der Waals surface area contributed by atoms with Crippen LogP contribution in [-0.4, -0.2) is 50.2 Å². The minimum atomic E-state index is -4.57. The van der Waals surface area contributed by atoms with Gasteiger partial charge < -0.3 is 14.4 Å². The summed E-state index contributed by atoms with van der Waals surface area (Å²) in [6, 6.07) is 6.48. The Balaban J connectivity index is 1.32. The maximum atomic E-state index is 13.9. The van der Waals surface area contributed by atoms with Gasteiger partial charge in [0.1, 0.15) is 5.82 Å². The van der Waals surface area contributed by atoms with Gasteiger partial charge in [-0.3, -0.25) is 9.78 Å². The molecular weight excluding hydrogens is 452 g/mol. The van der Waals surface area contributed by atoms with E-state index in [0.717, 1.165) is 26.9 Å².